The Balaban J connectivity index is 1.76. The first-order chi connectivity index (χ1) is 9.74. The molecule has 0 aliphatic carbocycles. The van der Waals surface area contributed by atoms with Crippen LogP contribution in [0, 0.1) is 0 Å². The van der Waals surface area contributed by atoms with Gasteiger partial charge in [0.2, 0.25) is 0 Å². The number of nitrogens with zero attached hydrogens (tertiary/aromatic N) is 3. The molecule has 2 aromatic heterocycles. The average Bonchev–Trinajstić information content (AvgIpc) is 3.10. The fourth-order valence-corrected chi connectivity index (χ4v) is 2.40. The highest BCUT2D eigenvalue weighted by Crippen LogP contribution is 2.17. The van der Waals surface area contributed by atoms with Crippen molar-refractivity contribution in [2.75, 3.05) is 19.6 Å². The Hall–Kier alpha value is -1.99. The van der Waals surface area contributed by atoms with Gasteiger partial charge < -0.3 is 20.1 Å². The molecule has 1 atom stereocenters. The van der Waals surface area contributed by atoms with Crippen LogP contribution in [-0.4, -0.2) is 39.7 Å². The number of hydrogen-bond donors (Lipinski definition) is 2. The van der Waals surface area contributed by atoms with E-state index in [9.17, 15) is 4.79 Å². The van der Waals surface area contributed by atoms with E-state index in [4.69, 9.17) is 10.3 Å². The summed E-state index contributed by atoms with van der Waals surface area (Å²) < 4.78 is 5.14. The quantitative estimate of drug-likeness (QED) is 0.843. The SMILES string of the molecule is NC(CN1CCCC1)c1noc(-c2c[nH]ccc2=O)n1. The second kappa shape index (κ2) is 5.56. The largest absolute Gasteiger partial charge is 0.367 e. The van der Waals surface area contributed by atoms with Crippen molar-refractivity contribution in [3.8, 4) is 11.5 Å². The summed E-state index contributed by atoms with van der Waals surface area (Å²) in [6.45, 7) is 2.84. The molecular formula is C13H17N5O2. The van der Waals surface area contributed by atoms with E-state index in [1.807, 2.05) is 0 Å². The lowest BCUT2D eigenvalue weighted by atomic mass is 10.2. The average molecular weight is 275 g/mol. The molecule has 1 aliphatic rings. The number of H-pyrrole nitrogens is 1. The van der Waals surface area contributed by atoms with Gasteiger partial charge in [-0.05, 0) is 25.9 Å². The van der Waals surface area contributed by atoms with Crippen LogP contribution in [0.25, 0.3) is 11.5 Å². The summed E-state index contributed by atoms with van der Waals surface area (Å²) in [5.41, 5.74) is 6.29. The Morgan fingerprint density at radius 1 is 1.45 bits per heavy atom. The van der Waals surface area contributed by atoms with Crippen LogP contribution in [-0.2, 0) is 0 Å². The monoisotopic (exact) mass is 275 g/mol. The Morgan fingerprint density at radius 3 is 3.00 bits per heavy atom. The van der Waals surface area contributed by atoms with Crippen LogP contribution >= 0.6 is 0 Å². The molecule has 1 fully saturated rings. The normalized spacial score (nSPS) is 17.4. The summed E-state index contributed by atoms with van der Waals surface area (Å²) in [5, 5.41) is 3.89. The smallest absolute Gasteiger partial charge is 0.263 e. The molecular weight excluding hydrogens is 258 g/mol. The number of nitrogens with two attached hydrogens (primary N) is 1. The van der Waals surface area contributed by atoms with Crippen LogP contribution in [0.1, 0.15) is 24.7 Å². The fourth-order valence-electron chi connectivity index (χ4n) is 2.40. The minimum Gasteiger partial charge on any atom is -0.367 e. The van der Waals surface area contributed by atoms with Crippen molar-refractivity contribution in [2.24, 2.45) is 5.73 Å². The lowest BCUT2D eigenvalue weighted by Crippen LogP contribution is -2.30. The molecule has 0 bridgehead atoms. The molecule has 20 heavy (non-hydrogen) atoms. The van der Waals surface area contributed by atoms with Gasteiger partial charge in [0.1, 0.15) is 5.56 Å². The van der Waals surface area contributed by atoms with E-state index in [1.54, 1.807) is 12.4 Å². The predicted molar refractivity (Wildman–Crippen MR) is 73.0 cm³/mol. The highest BCUT2D eigenvalue weighted by atomic mass is 16.5. The van der Waals surface area contributed by atoms with E-state index >= 15 is 0 Å². The van der Waals surface area contributed by atoms with Gasteiger partial charge in [0.15, 0.2) is 11.3 Å². The van der Waals surface area contributed by atoms with Crippen LogP contribution in [0.3, 0.4) is 0 Å². The second-order valence-corrected chi connectivity index (χ2v) is 4.99. The van der Waals surface area contributed by atoms with Crippen molar-refractivity contribution >= 4 is 0 Å². The van der Waals surface area contributed by atoms with E-state index < -0.39 is 0 Å². The molecule has 1 saturated heterocycles. The number of likely N-dealkylation sites (tertiary alicyclic amines) is 1. The van der Waals surface area contributed by atoms with Crippen LogP contribution in [0.15, 0.2) is 27.8 Å². The first-order valence-electron chi connectivity index (χ1n) is 6.73. The van der Waals surface area contributed by atoms with Gasteiger partial charge in [-0.15, -0.1) is 0 Å². The standard InChI is InChI=1S/C13H17N5O2/c14-10(8-18-5-1-2-6-18)12-16-13(20-17-12)9-7-15-4-3-11(9)19/h3-4,7,10H,1-2,5-6,8,14H2,(H,15,19). The summed E-state index contributed by atoms with van der Waals surface area (Å²) in [7, 11) is 0. The van der Waals surface area contributed by atoms with E-state index in [1.165, 1.54) is 18.9 Å². The highest BCUT2D eigenvalue weighted by molar-refractivity contribution is 5.50. The molecule has 3 heterocycles. The summed E-state index contributed by atoms with van der Waals surface area (Å²) in [6.07, 6.45) is 5.53. The number of hydrogen-bond acceptors (Lipinski definition) is 6. The molecule has 1 unspecified atom stereocenters. The van der Waals surface area contributed by atoms with E-state index in [2.05, 4.69) is 20.0 Å². The predicted octanol–water partition coefficient (Wildman–Crippen LogP) is 0.520. The zero-order chi connectivity index (χ0) is 13.9. The molecule has 1 aliphatic heterocycles. The zero-order valence-corrected chi connectivity index (χ0v) is 11.1. The first kappa shape index (κ1) is 13.0. The highest BCUT2D eigenvalue weighted by Gasteiger charge is 2.21. The number of pyridine rings is 1. The van der Waals surface area contributed by atoms with Gasteiger partial charge in [0, 0.05) is 25.0 Å². The second-order valence-electron chi connectivity index (χ2n) is 4.99. The number of rotatable bonds is 4. The summed E-state index contributed by atoms with van der Waals surface area (Å²) in [4.78, 5) is 21.0. The van der Waals surface area contributed by atoms with Gasteiger partial charge in [0.25, 0.3) is 5.89 Å². The minimum atomic E-state index is -0.298. The number of aromatic amines is 1. The summed E-state index contributed by atoms with van der Waals surface area (Å²) in [5.74, 6) is 0.647. The molecule has 0 saturated carbocycles. The molecule has 0 aromatic carbocycles. The van der Waals surface area contributed by atoms with Crippen molar-refractivity contribution in [1.82, 2.24) is 20.0 Å². The summed E-state index contributed by atoms with van der Waals surface area (Å²) in [6, 6.07) is 1.12. The van der Waals surface area contributed by atoms with Crippen LogP contribution in [0.5, 0.6) is 0 Å². The third-order valence-electron chi connectivity index (χ3n) is 3.48. The molecule has 2 aromatic rings. The Labute approximate surface area is 115 Å². The lowest BCUT2D eigenvalue weighted by molar-refractivity contribution is 0.306. The van der Waals surface area contributed by atoms with Crippen molar-refractivity contribution < 1.29 is 4.52 Å². The fraction of sp³-hybridized carbons (Fsp3) is 0.462. The van der Waals surface area contributed by atoms with Crippen molar-refractivity contribution in [3.63, 3.8) is 0 Å². The Morgan fingerprint density at radius 2 is 2.25 bits per heavy atom. The van der Waals surface area contributed by atoms with Gasteiger partial charge in [-0.25, -0.2) is 0 Å². The van der Waals surface area contributed by atoms with Crippen molar-refractivity contribution in [3.05, 3.63) is 34.5 Å². The molecule has 7 heteroatoms. The van der Waals surface area contributed by atoms with E-state index in [-0.39, 0.29) is 17.4 Å². The molecule has 0 amide bonds. The molecule has 7 nitrogen and oxygen atoms in total. The third kappa shape index (κ3) is 2.63. The maximum absolute atomic E-state index is 11.7. The minimum absolute atomic E-state index is 0.160. The third-order valence-corrected chi connectivity index (χ3v) is 3.48. The maximum atomic E-state index is 11.7. The van der Waals surface area contributed by atoms with Gasteiger partial charge in [-0.3, -0.25) is 4.79 Å². The molecule has 3 N–H and O–H groups in total. The van der Waals surface area contributed by atoms with Crippen LogP contribution in [0.2, 0.25) is 0 Å². The van der Waals surface area contributed by atoms with Gasteiger partial charge >= 0.3 is 0 Å². The molecule has 106 valence electrons. The maximum Gasteiger partial charge on any atom is 0.263 e. The van der Waals surface area contributed by atoms with Gasteiger partial charge in [-0.2, -0.15) is 4.98 Å². The lowest BCUT2D eigenvalue weighted by Gasteiger charge is -2.17. The van der Waals surface area contributed by atoms with Crippen molar-refractivity contribution in [1.29, 1.82) is 0 Å². The molecule has 0 spiro atoms. The molecule has 3 rings (SSSR count). The van der Waals surface area contributed by atoms with E-state index in [0.717, 1.165) is 13.1 Å². The Kier molecular flexibility index (Phi) is 3.62. The Bertz CT molecular complexity index is 629. The van der Waals surface area contributed by atoms with Gasteiger partial charge in [0.05, 0.1) is 6.04 Å². The first-order valence-corrected chi connectivity index (χ1v) is 6.73. The molecule has 0 radical (unpaired) electrons. The number of aromatic nitrogens is 3. The van der Waals surface area contributed by atoms with E-state index in [0.29, 0.717) is 17.9 Å². The van der Waals surface area contributed by atoms with Crippen molar-refractivity contribution in [2.45, 2.75) is 18.9 Å². The van der Waals surface area contributed by atoms with Crippen LogP contribution in [0.4, 0.5) is 0 Å². The van der Waals surface area contributed by atoms with Gasteiger partial charge in [-0.1, -0.05) is 5.16 Å². The topological polar surface area (TPSA) is 101 Å². The van der Waals surface area contributed by atoms with Crippen LogP contribution < -0.4 is 11.2 Å². The summed E-state index contributed by atoms with van der Waals surface area (Å²) >= 11 is 0. The number of nitrogens with one attached hydrogen (secondary N) is 1. The zero-order valence-electron chi connectivity index (χ0n) is 11.1.